The number of aliphatic hydroxyl groups is 1. The number of aromatic nitrogens is 2. The zero-order chi connectivity index (χ0) is 19.7. The first kappa shape index (κ1) is 18.2. The minimum Gasteiger partial charge on any atom is -0.448 e. The Kier molecular flexibility index (Phi) is 4.87. The van der Waals surface area contributed by atoms with Crippen LogP contribution in [-0.2, 0) is 6.42 Å². The first-order valence-corrected chi connectivity index (χ1v) is 8.76. The van der Waals surface area contributed by atoms with Gasteiger partial charge in [0.2, 0.25) is 5.89 Å². The van der Waals surface area contributed by atoms with Crippen molar-refractivity contribution in [2.24, 2.45) is 0 Å². The van der Waals surface area contributed by atoms with Crippen LogP contribution in [0.2, 0.25) is 0 Å². The Labute approximate surface area is 159 Å². The van der Waals surface area contributed by atoms with Crippen LogP contribution in [0.1, 0.15) is 22.1 Å². The first-order valence-electron chi connectivity index (χ1n) is 8.76. The summed E-state index contributed by atoms with van der Waals surface area (Å²) in [6.07, 6.45) is 0.501. The molecule has 3 aromatic rings. The van der Waals surface area contributed by atoms with E-state index in [-0.39, 0.29) is 31.0 Å². The predicted octanol–water partition coefficient (Wildman–Crippen LogP) is 2.62. The highest BCUT2D eigenvalue weighted by Gasteiger charge is 2.35. The number of amides is 1. The zero-order valence-electron chi connectivity index (χ0n) is 14.8. The summed E-state index contributed by atoms with van der Waals surface area (Å²) in [5.74, 6) is -0.502. The van der Waals surface area contributed by atoms with Gasteiger partial charge in [-0.3, -0.25) is 9.78 Å². The number of benzene rings is 1. The molecule has 28 heavy (non-hydrogen) atoms. The molecule has 0 spiro atoms. The molecule has 2 atom stereocenters. The lowest BCUT2D eigenvalue weighted by atomic mass is 10.1. The molecule has 6 nitrogen and oxygen atoms in total. The molecule has 4 rings (SSSR count). The molecule has 1 amide bonds. The number of oxazole rings is 1. The molecule has 3 heterocycles. The maximum Gasteiger partial charge on any atom is 0.276 e. The fourth-order valence-corrected chi connectivity index (χ4v) is 3.09. The molecular weight excluding hydrogens is 368 g/mol. The lowest BCUT2D eigenvalue weighted by Gasteiger charge is -2.12. The van der Waals surface area contributed by atoms with E-state index in [4.69, 9.17) is 4.42 Å². The minimum atomic E-state index is -1.45. The second-order valence-electron chi connectivity index (χ2n) is 6.65. The van der Waals surface area contributed by atoms with Crippen molar-refractivity contribution in [1.29, 1.82) is 0 Å². The van der Waals surface area contributed by atoms with Gasteiger partial charge in [0.25, 0.3) is 5.91 Å². The van der Waals surface area contributed by atoms with Gasteiger partial charge in [0, 0.05) is 17.5 Å². The van der Waals surface area contributed by atoms with Crippen LogP contribution in [0.5, 0.6) is 0 Å². The summed E-state index contributed by atoms with van der Waals surface area (Å²) < 4.78 is 32.1. The van der Waals surface area contributed by atoms with Crippen molar-refractivity contribution in [2.45, 2.75) is 18.7 Å². The molecule has 0 aliphatic carbocycles. The number of alkyl halides is 1. The summed E-state index contributed by atoms with van der Waals surface area (Å²) in [7, 11) is 0. The van der Waals surface area contributed by atoms with E-state index in [1.165, 1.54) is 23.3 Å². The van der Waals surface area contributed by atoms with Crippen LogP contribution in [-0.4, -0.2) is 51.2 Å². The molecule has 1 aliphatic rings. The number of β-amino-alcohol motifs (C(OH)–C–C–N with tert-alkyl or cyclic N) is 1. The van der Waals surface area contributed by atoms with Gasteiger partial charge in [-0.1, -0.05) is 18.2 Å². The Morgan fingerprint density at radius 1 is 1.25 bits per heavy atom. The molecular formula is C20H17F2N3O3. The summed E-state index contributed by atoms with van der Waals surface area (Å²) in [5, 5.41) is 9.44. The van der Waals surface area contributed by atoms with E-state index in [1.807, 2.05) is 6.07 Å². The fraction of sp³-hybridized carbons (Fsp3) is 0.250. The van der Waals surface area contributed by atoms with E-state index in [0.717, 1.165) is 11.1 Å². The average molecular weight is 385 g/mol. The molecule has 0 unspecified atom stereocenters. The highest BCUT2D eigenvalue weighted by Crippen LogP contribution is 2.21. The van der Waals surface area contributed by atoms with Crippen LogP contribution in [0.4, 0.5) is 8.78 Å². The Balaban J connectivity index is 1.43. The minimum absolute atomic E-state index is 0.0627. The third kappa shape index (κ3) is 3.77. The van der Waals surface area contributed by atoms with Gasteiger partial charge in [-0.05, 0) is 23.8 Å². The van der Waals surface area contributed by atoms with Crippen molar-refractivity contribution >= 4 is 5.91 Å². The zero-order valence-corrected chi connectivity index (χ0v) is 14.8. The Morgan fingerprint density at radius 3 is 2.79 bits per heavy atom. The monoisotopic (exact) mass is 385 g/mol. The Bertz CT molecular complexity index is 980. The number of aliphatic hydroxyl groups excluding tert-OH is 1. The largest absolute Gasteiger partial charge is 0.448 e. The highest BCUT2D eigenvalue weighted by atomic mass is 19.1. The molecule has 0 radical (unpaired) electrons. The molecule has 0 saturated carbocycles. The number of hydrogen-bond donors (Lipinski definition) is 1. The van der Waals surface area contributed by atoms with E-state index in [9.17, 15) is 18.7 Å². The third-order valence-corrected chi connectivity index (χ3v) is 4.59. The van der Waals surface area contributed by atoms with Gasteiger partial charge in [0.05, 0.1) is 19.5 Å². The maximum atomic E-state index is 13.4. The summed E-state index contributed by atoms with van der Waals surface area (Å²) in [4.78, 5) is 22.0. The Morgan fingerprint density at radius 2 is 2.11 bits per heavy atom. The van der Waals surface area contributed by atoms with Crippen LogP contribution in [0.25, 0.3) is 11.1 Å². The van der Waals surface area contributed by atoms with Gasteiger partial charge in [-0.2, -0.15) is 0 Å². The van der Waals surface area contributed by atoms with Gasteiger partial charge < -0.3 is 14.4 Å². The van der Waals surface area contributed by atoms with Gasteiger partial charge in [-0.15, -0.1) is 0 Å². The van der Waals surface area contributed by atoms with E-state index in [2.05, 4.69) is 9.97 Å². The van der Waals surface area contributed by atoms with Crippen LogP contribution in [0, 0.1) is 5.82 Å². The smallest absolute Gasteiger partial charge is 0.276 e. The SMILES string of the molecule is O=C(c1coc(Cc2ccc(-c3cccc(F)c3)cn2)n1)N1C[C@@H](O)[C@H](F)C1. The van der Waals surface area contributed by atoms with Gasteiger partial charge in [0.15, 0.2) is 5.69 Å². The number of nitrogens with zero attached hydrogens (tertiary/aromatic N) is 3. The number of carbonyl (C=O) groups excluding carboxylic acids is 1. The third-order valence-electron chi connectivity index (χ3n) is 4.59. The normalized spacial score (nSPS) is 19.2. The number of halogens is 2. The lowest BCUT2D eigenvalue weighted by Crippen LogP contribution is -2.29. The van der Waals surface area contributed by atoms with Crippen LogP contribution in [0.3, 0.4) is 0 Å². The van der Waals surface area contributed by atoms with Gasteiger partial charge in [0.1, 0.15) is 24.4 Å². The number of rotatable bonds is 4. The molecule has 1 aromatic carbocycles. The number of carbonyl (C=O) groups is 1. The van der Waals surface area contributed by atoms with Crippen LogP contribution >= 0.6 is 0 Å². The first-order chi connectivity index (χ1) is 13.5. The second-order valence-corrected chi connectivity index (χ2v) is 6.65. The quantitative estimate of drug-likeness (QED) is 0.747. The van der Waals surface area contributed by atoms with E-state index < -0.39 is 18.2 Å². The molecule has 1 saturated heterocycles. The number of hydrogen-bond acceptors (Lipinski definition) is 5. The topological polar surface area (TPSA) is 79.5 Å². The standard InChI is InChI=1S/C20H17F2N3O3/c21-14-3-1-2-12(6-14)13-4-5-15(23-8-13)7-19-24-17(11-28-19)20(27)25-9-16(22)18(26)10-25/h1-6,8,11,16,18,26H,7,9-10H2/t16-,18-/m1/s1. The molecule has 0 bridgehead atoms. The molecule has 2 aromatic heterocycles. The van der Waals surface area contributed by atoms with Crippen molar-refractivity contribution in [1.82, 2.24) is 14.9 Å². The second kappa shape index (κ2) is 7.47. The van der Waals surface area contributed by atoms with Gasteiger partial charge in [-0.25, -0.2) is 13.8 Å². The fourth-order valence-electron chi connectivity index (χ4n) is 3.09. The summed E-state index contributed by atoms with van der Waals surface area (Å²) in [5.41, 5.74) is 2.23. The molecule has 1 N–H and O–H groups in total. The Hall–Kier alpha value is -3.13. The average Bonchev–Trinajstić information content (AvgIpc) is 3.28. The molecule has 144 valence electrons. The lowest BCUT2D eigenvalue weighted by molar-refractivity contribution is 0.0758. The maximum absolute atomic E-state index is 13.4. The van der Waals surface area contributed by atoms with Crippen molar-refractivity contribution in [2.75, 3.05) is 13.1 Å². The number of pyridine rings is 1. The highest BCUT2D eigenvalue weighted by molar-refractivity contribution is 5.92. The predicted molar refractivity (Wildman–Crippen MR) is 95.7 cm³/mol. The van der Waals surface area contributed by atoms with Gasteiger partial charge >= 0.3 is 0 Å². The van der Waals surface area contributed by atoms with Crippen LogP contribution < -0.4 is 0 Å². The number of likely N-dealkylation sites (tertiary alicyclic amines) is 1. The van der Waals surface area contributed by atoms with Crippen molar-refractivity contribution in [3.8, 4) is 11.1 Å². The van der Waals surface area contributed by atoms with E-state index in [0.29, 0.717) is 11.6 Å². The van der Waals surface area contributed by atoms with Crippen LogP contribution in [0.15, 0.2) is 53.3 Å². The molecule has 1 fully saturated rings. The summed E-state index contributed by atoms with van der Waals surface area (Å²) >= 11 is 0. The molecule has 8 heteroatoms. The summed E-state index contributed by atoms with van der Waals surface area (Å²) in [6, 6.07) is 9.83. The van der Waals surface area contributed by atoms with Crippen molar-refractivity contribution < 1.29 is 23.1 Å². The molecule has 1 aliphatic heterocycles. The van der Waals surface area contributed by atoms with E-state index >= 15 is 0 Å². The van der Waals surface area contributed by atoms with Crippen molar-refractivity contribution in [3.63, 3.8) is 0 Å². The van der Waals surface area contributed by atoms with E-state index in [1.54, 1.807) is 24.4 Å². The summed E-state index contributed by atoms with van der Waals surface area (Å²) in [6.45, 7) is -0.226. The van der Waals surface area contributed by atoms with Crippen molar-refractivity contribution in [3.05, 3.63) is 72.0 Å².